The lowest BCUT2D eigenvalue weighted by molar-refractivity contribution is -0.120. The van der Waals surface area contributed by atoms with Crippen LogP contribution >= 0.6 is 0 Å². The van der Waals surface area contributed by atoms with E-state index in [1.807, 2.05) is 51.1 Å². The molecule has 1 N–H and O–H groups in total. The molecule has 3 nitrogen and oxygen atoms in total. The molecule has 2 aromatic rings. The fraction of sp³-hybridized carbons (Fsp3) is 0.375. The number of carbonyl (C=O) groups is 1. The maximum Gasteiger partial charge on any atom is 0.227 e. The van der Waals surface area contributed by atoms with Gasteiger partial charge in [-0.3, -0.25) is 9.78 Å². The highest BCUT2D eigenvalue weighted by Crippen LogP contribution is 2.23. The van der Waals surface area contributed by atoms with Crippen molar-refractivity contribution in [3.63, 3.8) is 0 Å². The minimum Gasteiger partial charge on any atom is -0.324 e. The largest absolute Gasteiger partial charge is 0.324 e. The van der Waals surface area contributed by atoms with Crippen LogP contribution in [0.4, 0.5) is 5.69 Å². The number of aromatic nitrogens is 1. The van der Waals surface area contributed by atoms with E-state index in [-0.39, 0.29) is 11.8 Å². The zero-order chi connectivity index (χ0) is 13.8. The first-order valence-corrected chi connectivity index (χ1v) is 6.83. The zero-order valence-electron chi connectivity index (χ0n) is 11.7. The monoisotopic (exact) mass is 256 g/mol. The van der Waals surface area contributed by atoms with Crippen LogP contribution in [-0.2, 0) is 4.79 Å². The van der Waals surface area contributed by atoms with Crippen molar-refractivity contribution in [1.82, 2.24) is 4.98 Å². The minimum absolute atomic E-state index is 0.0695. The molecule has 0 radical (unpaired) electrons. The van der Waals surface area contributed by atoms with Gasteiger partial charge in [-0.1, -0.05) is 32.0 Å². The molecular formula is C16H20N2O. The number of amides is 1. The van der Waals surface area contributed by atoms with E-state index in [9.17, 15) is 4.79 Å². The zero-order valence-corrected chi connectivity index (χ0v) is 11.7. The predicted molar refractivity (Wildman–Crippen MR) is 79.2 cm³/mol. The minimum atomic E-state index is 0.0695. The third kappa shape index (κ3) is 2.92. The number of fused-ring (bicyclic) bond motifs is 1. The van der Waals surface area contributed by atoms with Crippen molar-refractivity contribution in [3.8, 4) is 0 Å². The molecule has 0 aliphatic carbocycles. The van der Waals surface area contributed by atoms with Crippen molar-refractivity contribution in [2.45, 2.75) is 33.6 Å². The Kier molecular flexibility index (Phi) is 4.15. The Balaban J connectivity index is 2.35. The van der Waals surface area contributed by atoms with E-state index in [0.29, 0.717) is 0 Å². The Morgan fingerprint density at radius 2 is 1.95 bits per heavy atom. The lowest BCUT2D eigenvalue weighted by atomic mass is 10.0. The Labute approximate surface area is 114 Å². The van der Waals surface area contributed by atoms with Gasteiger partial charge in [-0.2, -0.15) is 0 Å². The van der Waals surface area contributed by atoms with Gasteiger partial charge in [0.15, 0.2) is 0 Å². The lowest BCUT2D eigenvalue weighted by Gasteiger charge is -2.14. The number of para-hydroxylation sites is 1. The Bertz CT molecular complexity index is 588. The molecular weight excluding hydrogens is 236 g/mol. The van der Waals surface area contributed by atoms with Gasteiger partial charge >= 0.3 is 0 Å². The number of benzene rings is 1. The van der Waals surface area contributed by atoms with Gasteiger partial charge in [-0.25, -0.2) is 0 Å². The third-order valence-electron chi connectivity index (χ3n) is 3.47. The number of carbonyl (C=O) groups excluding carboxylic acids is 1. The standard InChI is InChI=1S/C16H20N2O/c1-4-12(5-2)16(19)18-14-8-6-7-13-10-9-11(3)17-15(13)14/h6-10,12H,4-5H2,1-3H3,(H,18,19). The van der Waals surface area contributed by atoms with E-state index in [2.05, 4.69) is 10.3 Å². The first-order chi connectivity index (χ1) is 9.15. The summed E-state index contributed by atoms with van der Waals surface area (Å²) in [6.45, 7) is 6.04. The molecule has 0 saturated heterocycles. The Hall–Kier alpha value is -1.90. The summed E-state index contributed by atoms with van der Waals surface area (Å²) in [6, 6.07) is 9.88. The van der Waals surface area contributed by atoms with Crippen LogP contribution in [-0.4, -0.2) is 10.9 Å². The van der Waals surface area contributed by atoms with Crippen molar-refractivity contribution >= 4 is 22.5 Å². The maximum atomic E-state index is 12.2. The Morgan fingerprint density at radius 1 is 1.21 bits per heavy atom. The molecule has 1 aromatic heterocycles. The summed E-state index contributed by atoms with van der Waals surface area (Å²) in [4.78, 5) is 16.7. The summed E-state index contributed by atoms with van der Waals surface area (Å²) in [6.07, 6.45) is 1.72. The van der Waals surface area contributed by atoms with Crippen molar-refractivity contribution in [3.05, 3.63) is 36.0 Å². The maximum absolute atomic E-state index is 12.2. The van der Waals surface area contributed by atoms with Crippen molar-refractivity contribution in [2.75, 3.05) is 5.32 Å². The molecule has 2 rings (SSSR count). The van der Waals surface area contributed by atoms with Crippen LogP contribution in [0, 0.1) is 12.8 Å². The second-order valence-electron chi connectivity index (χ2n) is 4.83. The molecule has 0 unspecified atom stereocenters. The highest BCUT2D eigenvalue weighted by atomic mass is 16.1. The van der Waals surface area contributed by atoms with E-state index >= 15 is 0 Å². The summed E-state index contributed by atoms with van der Waals surface area (Å²) in [5.74, 6) is 0.154. The van der Waals surface area contributed by atoms with Crippen LogP contribution in [0.15, 0.2) is 30.3 Å². The summed E-state index contributed by atoms with van der Waals surface area (Å²) in [7, 11) is 0. The van der Waals surface area contributed by atoms with E-state index in [1.165, 1.54) is 0 Å². The van der Waals surface area contributed by atoms with Crippen LogP contribution in [0.5, 0.6) is 0 Å². The second-order valence-corrected chi connectivity index (χ2v) is 4.83. The molecule has 19 heavy (non-hydrogen) atoms. The van der Waals surface area contributed by atoms with Gasteiger partial charge in [0.05, 0.1) is 11.2 Å². The van der Waals surface area contributed by atoms with Gasteiger partial charge in [0, 0.05) is 17.0 Å². The predicted octanol–water partition coefficient (Wildman–Crippen LogP) is 3.92. The normalized spacial score (nSPS) is 10.9. The summed E-state index contributed by atoms with van der Waals surface area (Å²) in [5.41, 5.74) is 2.62. The van der Waals surface area contributed by atoms with Gasteiger partial charge < -0.3 is 5.32 Å². The number of pyridine rings is 1. The highest BCUT2D eigenvalue weighted by Gasteiger charge is 2.15. The number of nitrogens with zero attached hydrogens (tertiary/aromatic N) is 1. The fourth-order valence-electron chi connectivity index (χ4n) is 2.24. The molecule has 0 aliphatic heterocycles. The summed E-state index contributed by atoms with van der Waals surface area (Å²) < 4.78 is 0. The van der Waals surface area contributed by atoms with E-state index in [0.717, 1.165) is 35.1 Å². The van der Waals surface area contributed by atoms with Crippen LogP contribution < -0.4 is 5.32 Å². The average Bonchev–Trinajstić information content (AvgIpc) is 2.41. The molecule has 0 aliphatic rings. The molecule has 1 aromatic carbocycles. The van der Waals surface area contributed by atoms with E-state index in [1.54, 1.807) is 0 Å². The molecule has 1 heterocycles. The van der Waals surface area contributed by atoms with Crippen molar-refractivity contribution in [1.29, 1.82) is 0 Å². The lowest BCUT2D eigenvalue weighted by Crippen LogP contribution is -2.21. The van der Waals surface area contributed by atoms with Crippen molar-refractivity contribution < 1.29 is 4.79 Å². The van der Waals surface area contributed by atoms with Gasteiger partial charge in [-0.15, -0.1) is 0 Å². The summed E-state index contributed by atoms with van der Waals surface area (Å²) >= 11 is 0. The third-order valence-corrected chi connectivity index (χ3v) is 3.47. The topological polar surface area (TPSA) is 42.0 Å². The molecule has 0 fully saturated rings. The van der Waals surface area contributed by atoms with Gasteiger partial charge in [0.2, 0.25) is 5.91 Å². The Morgan fingerprint density at radius 3 is 2.63 bits per heavy atom. The molecule has 0 bridgehead atoms. The molecule has 100 valence electrons. The van der Waals surface area contributed by atoms with Crippen molar-refractivity contribution in [2.24, 2.45) is 5.92 Å². The number of hydrogen-bond donors (Lipinski definition) is 1. The first-order valence-electron chi connectivity index (χ1n) is 6.83. The van der Waals surface area contributed by atoms with E-state index in [4.69, 9.17) is 0 Å². The smallest absolute Gasteiger partial charge is 0.227 e. The van der Waals surface area contributed by atoms with E-state index < -0.39 is 0 Å². The molecule has 1 amide bonds. The highest BCUT2D eigenvalue weighted by molar-refractivity contribution is 6.01. The molecule has 3 heteroatoms. The van der Waals surface area contributed by atoms with Crippen LogP contribution in [0.1, 0.15) is 32.4 Å². The number of anilines is 1. The van der Waals surface area contributed by atoms with Gasteiger partial charge in [0.1, 0.15) is 0 Å². The van der Waals surface area contributed by atoms with Gasteiger partial charge in [-0.05, 0) is 31.9 Å². The number of aryl methyl sites for hydroxylation is 1. The van der Waals surface area contributed by atoms with Crippen LogP contribution in [0.3, 0.4) is 0 Å². The van der Waals surface area contributed by atoms with Crippen LogP contribution in [0.25, 0.3) is 10.9 Å². The summed E-state index contributed by atoms with van der Waals surface area (Å²) in [5, 5.41) is 4.06. The molecule has 0 atom stereocenters. The average molecular weight is 256 g/mol. The number of rotatable bonds is 4. The number of nitrogens with one attached hydrogen (secondary N) is 1. The molecule has 0 saturated carbocycles. The SMILES string of the molecule is CCC(CC)C(=O)Nc1cccc2ccc(C)nc12. The number of hydrogen-bond acceptors (Lipinski definition) is 2. The first kappa shape index (κ1) is 13.5. The van der Waals surface area contributed by atoms with Gasteiger partial charge in [0.25, 0.3) is 0 Å². The van der Waals surface area contributed by atoms with Crippen LogP contribution in [0.2, 0.25) is 0 Å². The second kappa shape index (κ2) is 5.83. The quantitative estimate of drug-likeness (QED) is 0.901. The fourth-order valence-corrected chi connectivity index (χ4v) is 2.24. The molecule has 0 spiro atoms.